The maximum Gasteiger partial charge on any atom is 0.0169 e. The van der Waals surface area contributed by atoms with E-state index in [-0.39, 0.29) is 0 Å². The van der Waals surface area contributed by atoms with Gasteiger partial charge in [0.25, 0.3) is 0 Å². The first-order valence-corrected chi connectivity index (χ1v) is 7.97. The van der Waals surface area contributed by atoms with E-state index >= 15 is 0 Å². The molecule has 2 fully saturated rings. The van der Waals surface area contributed by atoms with Gasteiger partial charge in [-0.25, -0.2) is 0 Å². The number of rotatable bonds is 2. The Morgan fingerprint density at radius 2 is 1.61 bits per heavy atom. The fourth-order valence-electron chi connectivity index (χ4n) is 4.21. The first kappa shape index (κ1) is 14.3. The molecule has 2 heteroatoms. The third-order valence-corrected chi connectivity index (χ3v) is 5.04. The van der Waals surface area contributed by atoms with Crippen molar-refractivity contribution < 1.29 is 0 Å². The van der Waals surface area contributed by atoms with Crippen LogP contribution in [-0.4, -0.2) is 36.1 Å². The van der Waals surface area contributed by atoms with Crippen molar-refractivity contribution in [2.24, 2.45) is 17.8 Å². The van der Waals surface area contributed by atoms with Crippen molar-refractivity contribution in [3.05, 3.63) is 0 Å². The third kappa shape index (κ3) is 3.27. The highest BCUT2D eigenvalue weighted by molar-refractivity contribution is 4.92. The maximum atomic E-state index is 3.66. The molecule has 0 radical (unpaired) electrons. The lowest BCUT2D eigenvalue weighted by atomic mass is 9.73. The van der Waals surface area contributed by atoms with Crippen molar-refractivity contribution in [3.63, 3.8) is 0 Å². The molecule has 2 rings (SSSR count). The Morgan fingerprint density at radius 1 is 1.00 bits per heavy atom. The number of hydrogen-bond acceptors (Lipinski definition) is 2. The van der Waals surface area contributed by atoms with Crippen LogP contribution in [0.2, 0.25) is 0 Å². The lowest BCUT2D eigenvalue weighted by Gasteiger charge is -2.48. The fourth-order valence-corrected chi connectivity index (χ4v) is 4.21. The van der Waals surface area contributed by atoms with Gasteiger partial charge in [0.05, 0.1) is 0 Å². The van der Waals surface area contributed by atoms with E-state index in [9.17, 15) is 0 Å². The molecule has 0 amide bonds. The lowest BCUT2D eigenvalue weighted by Crippen LogP contribution is -2.59. The molecule has 1 saturated heterocycles. The average molecular weight is 252 g/mol. The quantitative estimate of drug-likeness (QED) is 0.812. The second kappa shape index (κ2) is 5.92. The Kier molecular flexibility index (Phi) is 4.71. The minimum Gasteiger partial charge on any atom is -0.309 e. The number of piperazine rings is 1. The second-order valence-corrected chi connectivity index (χ2v) is 7.32. The van der Waals surface area contributed by atoms with Crippen LogP contribution >= 0.6 is 0 Å². The van der Waals surface area contributed by atoms with Crippen LogP contribution in [0, 0.1) is 17.8 Å². The molecule has 5 unspecified atom stereocenters. The van der Waals surface area contributed by atoms with Crippen molar-refractivity contribution in [3.8, 4) is 0 Å². The van der Waals surface area contributed by atoms with Crippen molar-refractivity contribution >= 4 is 0 Å². The molecular formula is C16H32N2. The SMILES string of the molecule is CC1CCC(C(C)C)C(N2CC(C)NC(C)C2)C1. The predicted molar refractivity (Wildman–Crippen MR) is 78.8 cm³/mol. The fraction of sp³-hybridized carbons (Fsp3) is 1.00. The molecule has 1 aliphatic heterocycles. The summed E-state index contributed by atoms with van der Waals surface area (Å²) in [7, 11) is 0. The van der Waals surface area contributed by atoms with E-state index in [0.717, 1.165) is 23.8 Å². The van der Waals surface area contributed by atoms with Gasteiger partial charge in [0.1, 0.15) is 0 Å². The topological polar surface area (TPSA) is 15.3 Å². The smallest absolute Gasteiger partial charge is 0.0169 e. The van der Waals surface area contributed by atoms with Crippen LogP contribution < -0.4 is 5.32 Å². The highest BCUT2D eigenvalue weighted by Gasteiger charge is 2.36. The summed E-state index contributed by atoms with van der Waals surface area (Å²) < 4.78 is 0. The Labute approximate surface area is 114 Å². The van der Waals surface area contributed by atoms with Gasteiger partial charge in [-0.1, -0.05) is 27.2 Å². The summed E-state index contributed by atoms with van der Waals surface area (Å²) in [6.07, 6.45) is 4.30. The average Bonchev–Trinajstić information content (AvgIpc) is 2.27. The molecular weight excluding hydrogens is 220 g/mol. The Balaban J connectivity index is 2.06. The summed E-state index contributed by atoms with van der Waals surface area (Å²) >= 11 is 0. The minimum absolute atomic E-state index is 0.652. The Hall–Kier alpha value is -0.0800. The van der Waals surface area contributed by atoms with Gasteiger partial charge in [0.2, 0.25) is 0 Å². The minimum atomic E-state index is 0.652. The largest absolute Gasteiger partial charge is 0.309 e. The molecule has 0 aromatic heterocycles. The van der Waals surface area contributed by atoms with Gasteiger partial charge < -0.3 is 5.32 Å². The molecule has 1 aliphatic carbocycles. The first-order chi connectivity index (χ1) is 8.47. The van der Waals surface area contributed by atoms with E-state index in [1.54, 1.807) is 0 Å². The Morgan fingerprint density at radius 3 is 2.17 bits per heavy atom. The molecule has 0 bridgehead atoms. The maximum absolute atomic E-state index is 3.66. The summed E-state index contributed by atoms with van der Waals surface area (Å²) in [5, 5.41) is 3.66. The molecule has 1 saturated carbocycles. The van der Waals surface area contributed by atoms with Crippen molar-refractivity contribution in [2.75, 3.05) is 13.1 Å². The second-order valence-electron chi connectivity index (χ2n) is 7.32. The van der Waals surface area contributed by atoms with E-state index in [1.807, 2.05) is 0 Å². The normalized spacial score (nSPS) is 43.3. The molecule has 1 N–H and O–H groups in total. The van der Waals surface area contributed by atoms with Crippen LogP contribution in [-0.2, 0) is 0 Å². The molecule has 0 aromatic rings. The summed E-state index contributed by atoms with van der Waals surface area (Å²) in [6, 6.07) is 2.14. The van der Waals surface area contributed by atoms with Gasteiger partial charge in [-0.3, -0.25) is 4.90 Å². The lowest BCUT2D eigenvalue weighted by molar-refractivity contribution is 0.0303. The van der Waals surface area contributed by atoms with Gasteiger partial charge in [0, 0.05) is 31.2 Å². The number of hydrogen-bond donors (Lipinski definition) is 1. The van der Waals surface area contributed by atoms with Gasteiger partial charge in [-0.15, -0.1) is 0 Å². The third-order valence-electron chi connectivity index (χ3n) is 5.04. The zero-order valence-electron chi connectivity index (χ0n) is 12.9. The van der Waals surface area contributed by atoms with Crippen LogP contribution in [0.3, 0.4) is 0 Å². The highest BCUT2D eigenvalue weighted by Crippen LogP contribution is 2.36. The van der Waals surface area contributed by atoms with E-state index < -0.39 is 0 Å². The van der Waals surface area contributed by atoms with Crippen LogP contribution in [0.5, 0.6) is 0 Å². The molecule has 18 heavy (non-hydrogen) atoms. The summed E-state index contributed by atoms with van der Waals surface area (Å²) in [4.78, 5) is 2.80. The molecule has 0 spiro atoms. The molecule has 106 valence electrons. The molecule has 2 nitrogen and oxygen atoms in total. The van der Waals surface area contributed by atoms with Crippen molar-refractivity contribution in [1.29, 1.82) is 0 Å². The van der Waals surface area contributed by atoms with Crippen LogP contribution in [0.4, 0.5) is 0 Å². The summed E-state index contributed by atoms with van der Waals surface area (Å²) in [5.41, 5.74) is 0. The monoisotopic (exact) mass is 252 g/mol. The summed E-state index contributed by atoms with van der Waals surface area (Å²) in [5.74, 6) is 2.67. The van der Waals surface area contributed by atoms with Gasteiger partial charge >= 0.3 is 0 Å². The van der Waals surface area contributed by atoms with Crippen LogP contribution in [0.25, 0.3) is 0 Å². The highest BCUT2D eigenvalue weighted by atomic mass is 15.2. The molecule has 5 atom stereocenters. The van der Waals surface area contributed by atoms with Gasteiger partial charge in [-0.2, -0.15) is 0 Å². The van der Waals surface area contributed by atoms with E-state index in [1.165, 1.54) is 32.4 Å². The van der Waals surface area contributed by atoms with E-state index in [4.69, 9.17) is 0 Å². The zero-order valence-corrected chi connectivity index (χ0v) is 12.9. The predicted octanol–water partition coefficient (Wildman–Crippen LogP) is 3.13. The summed E-state index contributed by atoms with van der Waals surface area (Å²) in [6.45, 7) is 14.4. The van der Waals surface area contributed by atoms with E-state index in [2.05, 4.69) is 44.8 Å². The van der Waals surface area contributed by atoms with Crippen molar-refractivity contribution in [1.82, 2.24) is 10.2 Å². The number of nitrogens with zero attached hydrogens (tertiary/aromatic N) is 1. The first-order valence-electron chi connectivity index (χ1n) is 7.97. The molecule has 0 aromatic carbocycles. The standard InChI is InChI=1S/C16H32N2/c1-11(2)15-7-6-12(3)8-16(15)18-9-13(4)17-14(5)10-18/h11-17H,6-10H2,1-5H3. The molecule has 1 heterocycles. The van der Waals surface area contributed by atoms with Gasteiger partial charge in [-0.05, 0) is 44.4 Å². The zero-order chi connectivity index (χ0) is 13.3. The van der Waals surface area contributed by atoms with Crippen molar-refractivity contribution in [2.45, 2.75) is 72.0 Å². The molecule has 2 aliphatic rings. The number of nitrogens with one attached hydrogen (secondary N) is 1. The van der Waals surface area contributed by atoms with E-state index in [0.29, 0.717) is 12.1 Å². The van der Waals surface area contributed by atoms with Gasteiger partial charge in [0.15, 0.2) is 0 Å². The van der Waals surface area contributed by atoms with Crippen LogP contribution in [0.15, 0.2) is 0 Å². The van der Waals surface area contributed by atoms with Crippen LogP contribution in [0.1, 0.15) is 53.9 Å². The Bertz CT molecular complexity index is 254.